The quantitative estimate of drug-likeness (QED) is 0.750. The van der Waals surface area contributed by atoms with Crippen LogP contribution in [-0.2, 0) is 6.61 Å². The number of anilines is 1. The Morgan fingerprint density at radius 1 is 1.22 bits per heavy atom. The Morgan fingerprint density at radius 3 is 2.87 bits per heavy atom. The SMILES string of the molecule is O=C(Nc1cccc(O)c1)c1ccccc1OCc1cscn1. The number of ether oxygens (including phenoxy) is 1. The summed E-state index contributed by atoms with van der Waals surface area (Å²) in [6.45, 7) is 0.305. The van der Waals surface area contributed by atoms with Crippen LogP contribution < -0.4 is 10.1 Å². The molecule has 0 unspecified atom stereocenters. The molecule has 0 aliphatic carbocycles. The van der Waals surface area contributed by atoms with Crippen molar-refractivity contribution in [2.24, 2.45) is 0 Å². The van der Waals surface area contributed by atoms with E-state index in [9.17, 15) is 9.90 Å². The molecule has 0 aliphatic heterocycles. The fraction of sp³-hybridized carbons (Fsp3) is 0.0588. The van der Waals surface area contributed by atoms with Crippen LogP contribution in [0.4, 0.5) is 5.69 Å². The predicted octanol–water partition coefficient (Wildman–Crippen LogP) is 3.68. The second-order valence-corrected chi connectivity index (χ2v) is 5.49. The Balaban J connectivity index is 1.75. The summed E-state index contributed by atoms with van der Waals surface area (Å²) < 4.78 is 5.70. The van der Waals surface area contributed by atoms with Crippen molar-refractivity contribution < 1.29 is 14.6 Å². The van der Waals surface area contributed by atoms with Gasteiger partial charge in [-0.05, 0) is 24.3 Å². The molecule has 3 aromatic rings. The molecule has 0 aliphatic rings. The second kappa shape index (κ2) is 6.93. The van der Waals surface area contributed by atoms with Gasteiger partial charge in [0.15, 0.2) is 0 Å². The highest BCUT2D eigenvalue weighted by molar-refractivity contribution is 7.07. The Morgan fingerprint density at radius 2 is 2.09 bits per heavy atom. The first kappa shape index (κ1) is 15.1. The smallest absolute Gasteiger partial charge is 0.259 e. The number of rotatable bonds is 5. The zero-order chi connectivity index (χ0) is 16.1. The molecule has 6 heteroatoms. The molecule has 0 bridgehead atoms. The minimum absolute atomic E-state index is 0.0934. The molecule has 1 aromatic heterocycles. The van der Waals surface area contributed by atoms with Crippen molar-refractivity contribution in [3.05, 3.63) is 70.7 Å². The summed E-state index contributed by atoms with van der Waals surface area (Å²) >= 11 is 1.49. The van der Waals surface area contributed by atoms with E-state index >= 15 is 0 Å². The van der Waals surface area contributed by atoms with Crippen LogP contribution in [0.15, 0.2) is 59.4 Å². The highest BCUT2D eigenvalue weighted by Crippen LogP contribution is 2.22. The Bertz CT molecular complexity index is 803. The molecule has 0 spiro atoms. The van der Waals surface area contributed by atoms with Gasteiger partial charge in [0.25, 0.3) is 5.91 Å². The van der Waals surface area contributed by atoms with Gasteiger partial charge in [-0.3, -0.25) is 4.79 Å². The maximum Gasteiger partial charge on any atom is 0.259 e. The lowest BCUT2D eigenvalue weighted by atomic mass is 10.2. The lowest BCUT2D eigenvalue weighted by Crippen LogP contribution is -2.13. The van der Waals surface area contributed by atoms with Crippen LogP contribution in [0.2, 0.25) is 0 Å². The number of hydrogen-bond acceptors (Lipinski definition) is 5. The first-order valence-corrected chi connectivity index (χ1v) is 7.86. The van der Waals surface area contributed by atoms with E-state index in [2.05, 4.69) is 10.3 Å². The van der Waals surface area contributed by atoms with Crippen molar-refractivity contribution in [1.29, 1.82) is 0 Å². The number of carbonyl (C=O) groups excluding carboxylic acids is 1. The summed E-state index contributed by atoms with van der Waals surface area (Å²) in [5.74, 6) is 0.276. The molecule has 0 saturated carbocycles. The standard InChI is InChI=1S/C17H14N2O3S/c20-14-5-3-4-12(8-14)19-17(21)15-6-1-2-7-16(15)22-9-13-10-23-11-18-13/h1-8,10-11,20H,9H2,(H,19,21). The lowest BCUT2D eigenvalue weighted by molar-refractivity contribution is 0.102. The van der Waals surface area contributed by atoms with Crippen molar-refractivity contribution in [2.45, 2.75) is 6.61 Å². The van der Waals surface area contributed by atoms with Crippen molar-refractivity contribution in [1.82, 2.24) is 4.98 Å². The monoisotopic (exact) mass is 326 g/mol. The molecule has 0 saturated heterocycles. The third-order valence-corrected chi connectivity index (χ3v) is 3.73. The van der Waals surface area contributed by atoms with E-state index in [-0.39, 0.29) is 11.7 Å². The number of thiazole rings is 1. The fourth-order valence-electron chi connectivity index (χ4n) is 2.02. The van der Waals surface area contributed by atoms with E-state index in [1.54, 1.807) is 41.9 Å². The molecule has 0 atom stereocenters. The van der Waals surface area contributed by atoms with Crippen LogP contribution in [0.5, 0.6) is 11.5 Å². The van der Waals surface area contributed by atoms with Gasteiger partial charge in [-0.15, -0.1) is 11.3 Å². The van der Waals surface area contributed by atoms with E-state index in [1.807, 2.05) is 11.4 Å². The van der Waals surface area contributed by atoms with Crippen LogP contribution in [0.3, 0.4) is 0 Å². The first-order chi connectivity index (χ1) is 11.2. The topological polar surface area (TPSA) is 71.5 Å². The number of para-hydroxylation sites is 1. The van der Waals surface area contributed by atoms with Crippen LogP contribution >= 0.6 is 11.3 Å². The predicted molar refractivity (Wildman–Crippen MR) is 88.9 cm³/mol. The number of aromatic nitrogens is 1. The number of nitrogens with one attached hydrogen (secondary N) is 1. The second-order valence-electron chi connectivity index (χ2n) is 4.77. The van der Waals surface area contributed by atoms with E-state index in [0.717, 1.165) is 5.69 Å². The molecule has 1 amide bonds. The zero-order valence-corrected chi connectivity index (χ0v) is 12.9. The van der Waals surface area contributed by atoms with E-state index < -0.39 is 0 Å². The number of aromatic hydroxyl groups is 1. The molecule has 0 radical (unpaired) electrons. The number of amides is 1. The van der Waals surface area contributed by atoms with Gasteiger partial charge in [-0.2, -0.15) is 0 Å². The molecule has 0 fully saturated rings. The Hall–Kier alpha value is -2.86. The van der Waals surface area contributed by atoms with E-state index in [0.29, 0.717) is 23.6 Å². The first-order valence-electron chi connectivity index (χ1n) is 6.91. The molecule has 23 heavy (non-hydrogen) atoms. The molecular weight excluding hydrogens is 312 g/mol. The number of phenolic OH excluding ortho intramolecular Hbond substituents is 1. The minimum atomic E-state index is -0.301. The van der Waals surface area contributed by atoms with Gasteiger partial charge in [0.2, 0.25) is 0 Å². The van der Waals surface area contributed by atoms with Gasteiger partial charge in [0, 0.05) is 17.1 Å². The highest BCUT2D eigenvalue weighted by Gasteiger charge is 2.13. The third-order valence-electron chi connectivity index (χ3n) is 3.09. The Labute approximate surface area is 137 Å². The molecule has 1 heterocycles. The van der Waals surface area contributed by atoms with Crippen LogP contribution in [0, 0.1) is 0 Å². The van der Waals surface area contributed by atoms with Gasteiger partial charge in [0.1, 0.15) is 18.1 Å². The number of nitrogens with zero attached hydrogens (tertiary/aromatic N) is 1. The average molecular weight is 326 g/mol. The summed E-state index contributed by atoms with van der Waals surface area (Å²) in [6.07, 6.45) is 0. The molecule has 116 valence electrons. The normalized spacial score (nSPS) is 10.3. The molecule has 5 nitrogen and oxygen atoms in total. The number of carbonyl (C=O) groups is 1. The summed E-state index contributed by atoms with van der Waals surface area (Å²) in [7, 11) is 0. The minimum Gasteiger partial charge on any atom is -0.508 e. The van der Waals surface area contributed by atoms with E-state index in [1.165, 1.54) is 17.4 Å². The summed E-state index contributed by atoms with van der Waals surface area (Å²) in [5.41, 5.74) is 3.49. The Kier molecular flexibility index (Phi) is 4.54. The average Bonchev–Trinajstić information content (AvgIpc) is 3.06. The summed E-state index contributed by atoms with van der Waals surface area (Å²) in [6, 6.07) is 13.4. The van der Waals surface area contributed by atoms with Gasteiger partial charge in [-0.25, -0.2) is 4.98 Å². The van der Waals surface area contributed by atoms with E-state index in [4.69, 9.17) is 4.74 Å². The lowest BCUT2D eigenvalue weighted by Gasteiger charge is -2.11. The third kappa shape index (κ3) is 3.87. The molecule has 3 rings (SSSR count). The van der Waals surface area contributed by atoms with Gasteiger partial charge < -0.3 is 15.2 Å². The largest absolute Gasteiger partial charge is 0.508 e. The maximum absolute atomic E-state index is 12.4. The number of benzene rings is 2. The van der Waals surface area contributed by atoms with Crippen LogP contribution in [-0.4, -0.2) is 16.0 Å². The van der Waals surface area contributed by atoms with Crippen LogP contribution in [0.1, 0.15) is 16.1 Å². The summed E-state index contributed by atoms with van der Waals surface area (Å²) in [5, 5.41) is 14.1. The number of hydrogen-bond donors (Lipinski definition) is 2. The highest BCUT2D eigenvalue weighted by atomic mass is 32.1. The van der Waals surface area contributed by atoms with Gasteiger partial charge >= 0.3 is 0 Å². The number of phenols is 1. The summed E-state index contributed by atoms with van der Waals surface area (Å²) in [4.78, 5) is 16.6. The van der Waals surface area contributed by atoms with Crippen molar-refractivity contribution >= 4 is 22.9 Å². The van der Waals surface area contributed by atoms with Gasteiger partial charge in [-0.1, -0.05) is 18.2 Å². The maximum atomic E-state index is 12.4. The molecule has 2 N–H and O–H groups in total. The van der Waals surface area contributed by atoms with Crippen molar-refractivity contribution in [3.8, 4) is 11.5 Å². The van der Waals surface area contributed by atoms with Gasteiger partial charge in [0.05, 0.1) is 16.8 Å². The van der Waals surface area contributed by atoms with Crippen molar-refractivity contribution in [2.75, 3.05) is 5.32 Å². The molecule has 2 aromatic carbocycles. The van der Waals surface area contributed by atoms with Crippen LogP contribution in [0.25, 0.3) is 0 Å². The molecular formula is C17H14N2O3S. The zero-order valence-electron chi connectivity index (χ0n) is 12.1. The van der Waals surface area contributed by atoms with Crippen molar-refractivity contribution in [3.63, 3.8) is 0 Å². The fourth-order valence-corrected chi connectivity index (χ4v) is 2.57.